The first-order valence-corrected chi connectivity index (χ1v) is 6.74. The third-order valence-electron chi connectivity index (χ3n) is 4.01. The number of rotatable bonds is 3. The number of benzene rings is 2. The van der Waals surface area contributed by atoms with E-state index in [0.717, 1.165) is 19.5 Å². The Kier molecular flexibility index (Phi) is 3.03. The van der Waals surface area contributed by atoms with E-state index in [1.807, 2.05) is 12.1 Å². The third kappa shape index (κ3) is 2.36. The predicted octanol–water partition coefficient (Wildman–Crippen LogP) is 2.78. The number of hydrogen-bond donors (Lipinski definition) is 2. The highest BCUT2D eigenvalue weighted by atomic mass is 16.3. The van der Waals surface area contributed by atoms with Crippen molar-refractivity contribution >= 4 is 0 Å². The molecule has 1 heterocycles. The molecular formula is C17H19NO. The normalized spacial score (nSPS) is 16.9. The number of aryl methyl sites for hydroxylation is 1. The van der Waals surface area contributed by atoms with Crippen LogP contribution in [0, 0.1) is 6.92 Å². The lowest BCUT2D eigenvalue weighted by Crippen LogP contribution is -2.58. The van der Waals surface area contributed by atoms with Gasteiger partial charge in [-0.15, -0.1) is 0 Å². The van der Waals surface area contributed by atoms with Crippen LogP contribution < -0.4 is 5.32 Å². The fourth-order valence-corrected chi connectivity index (χ4v) is 2.89. The van der Waals surface area contributed by atoms with Crippen LogP contribution in [0.25, 0.3) is 0 Å². The van der Waals surface area contributed by atoms with E-state index >= 15 is 0 Å². The van der Waals surface area contributed by atoms with Crippen molar-refractivity contribution in [3.05, 3.63) is 65.2 Å². The number of phenols is 1. The summed E-state index contributed by atoms with van der Waals surface area (Å²) in [6, 6.07) is 16.4. The van der Waals surface area contributed by atoms with Gasteiger partial charge in [0.1, 0.15) is 5.75 Å². The topological polar surface area (TPSA) is 32.3 Å². The molecule has 1 fully saturated rings. The number of aromatic hydroxyl groups is 1. The Bertz CT molecular complexity index is 587. The van der Waals surface area contributed by atoms with Crippen molar-refractivity contribution in [1.29, 1.82) is 0 Å². The maximum absolute atomic E-state index is 9.60. The van der Waals surface area contributed by atoms with Gasteiger partial charge in [-0.1, -0.05) is 42.0 Å². The van der Waals surface area contributed by atoms with Gasteiger partial charge in [-0.25, -0.2) is 0 Å². The maximum Gasteiger partial charge on any atom is 0.115 e. The molecule has 2 N–H and O–H groups in total. The van der Waals surface area contributed by atoms with Gasteiger partial charge in [-0.05, 0) is 36.6 Å². The summed E-state index contributed by atoms with van der Waals surface area (Å²) in [5.41, 5.74) is 4.08. The average molecular weight is 253 g/mol. The SMILES string of the molecule is Cc1cccc(C2(Cc3cccc(O)c3)CNC2)c1. The third-order valence-corrected chi connectivity index (χ3v) is 4.01. The quantitative estimate of drug-likeness (QED) is 0.881. The summed E-state index contributed by atoms with van der Waals surface area (Å²) in [4.78, 5) is 0. The summed E-state index contributed by atoms with van der Waals surface area (Å²) >= 11 is 0. The van der Waals surface area contributed by atoms with Gasteiger partial charge < -0.3 is 10.4 Å². The minimum atomic E-state index is 0.180. The van der Waals surface area contributed by atoms with Crippen LogP contribution in [0.5, 0.6) is 5.75 Å². The van der Waals surface area contributed by atoms with E-state index in [2.05, 4.69) is 42.6 Å². The predicted molar refractivity (Wildman–Crippen MR) is 77.5 cm³/mol. The lowest BCUT2D eigenvalue weighted by Gasteiger charge is -2.43. The molecule has 2 nitrogen and oxygen atoms in total. The fraction of sp³-hybridized carbons (Fsp3) is 0.294. The first kappa shape index (κ1) is 12.2. The Morgan fingerprint density at radius 3 is 2.53 bits per heavy atom. The van der Waals surface area contributed by atoms with Crippen LogP contribution in [-0.2, 0) is 11.8 Å². The molecule has 19 heavy (non-hydrogen) atoms. The van der Waals surface area contributed by atoms with E-state index < -0.39 is 0 Å². The Morgan fingerprint density at radius 1 is 1.11 bits per heavy atom. The molecule has 0 unspecified atom stereocenters. The minimum absolute atomic E-state index is 0.180. The molecule has 2 aromatic rings. The standard InChI is InChI=1S/C17H19NO/c1-13-4-2-6-15(8-13)17(11-18-12-17)10-14-5-3-7-16(19)9-14/h2-9,18-19H,10-12H2,1H3. The molecule has 0 aromatic heterocycles. The van der Waals surface area contributed by atoms with E-state index in [-0.39, 0.29) is 5.41 Å². The van der Waals surface area contributed by atoms with Crippen LogP contribution in [0.2, 0.25) is 0 Å². The molecule has 98 valence electrons. The second kappa shape index (κ2) is 4.71. The van der Waals surface area contributed by atoms with Gasteiger partial charge in [0.2, 0.25) is 0 Å². The molecule has 0 aliphatic carbocycles. The summed E-state index contributed by atoms with van der Waals surface area (Å²) in [5.74, 6) is 0.351. The molecule has 3 rings (SSSR count). The van der Waals surface area contributed by atoms with Crippen molar-refractivity contribution in [2.75, 3.05) is 13.1 Å². The Balaban J connectivity index is 1.91. The highest BCUT2D eigenvalue weighted by molar-refractivity contribution is 5.37. The Labute approximate surface area is 114 Å². The van der Waals surface area contributed by atoms with Gasteiger partial charge >= 0.3 is 0 Å². The number of hydrogen-bond acceptors (Lipinski definition) is 2. The molecular weight excluding hydrogens is 234 g/mol. The molecule has 1 saturated heterocycles. The van der Waals surface area contributed by atoms with Crippen molar-refractivity contribution in [3.63, 3.8) is 0 Å². The zero-order valence-corrected chi connectivity index (χ0v) is 11.2. The van der Waals surface area contributed by atoms with Crippen molar-refractivity contribution in [1.82, 2.24) is 5.32 Å². The minimum Gasteiger partial charge on any atom is -0.508 e. The first-order valence-electron chi connectivity index (χ1n) is 6.74. The molecule has 1 aliphatic rings. The van der Waals surface area contributed by atoms with E-state index in [4.69, 9.17) is 0 Å². The molecule has 0 amide bonds. The van der Waals surface area contributed by atoms with Crippen LogP contribution >= 0.6 is 0 Å². The van der Waals surface area contributed by atoms with Crippen LogP contribution in [-0.4, -0.2) is 18.2 Å². The fourth-order valence-electron chi connectivity index (χ4n) is 2.89. The van der Waals surface area contributed by atoms with E-state index in [1.54, 1.807) is 6.07 Å². The number of phenolic OH excluding ortho intramolecular Hbond substituents is 1. The largest absolute Gasteiger partial charge is 0.508 e. The van der Waals surface area contributed by atoms with Gasteiger partial charge in [0, 0.05) is 18.5 Å². The summed E-state index contributed by atoms with van der Waals surface area (Å²) < 4.78 is 0. The molecule has 2 heteroatoms. The molecule has 0 saturated carbocycles. The van der Waals surface area contributed by atoms with E-state index in [1.165, 1.54) is 16.7 Å². The maximum atomic E-state index is 9.60. The molecule has 0 atom stereocenters. The van der Waals surface area contributed by atoms with Crippen LogP contribution in [0.15, 0.2) is 48.5 Å². The highest BCUT2D eigenvalue weighted by Gasteiger charge is 2.38. The van der Waals surface area contributed by atoms with Crippen molar-refractivity contribution in [2.45, 2.75) is 18.8 Å². The summed E-state index contributed by atoms with van der Waals surface area (Å²) in [6.45, 7) is 4.15. The lowest BCUT2D eigenvalue weighted by atomic mass is 9.70. The van der Waals surface area contributed by atoms with Gasteiger partial charge in [-0.2, -0.15) is 0 Å². The van der Waals surface area contributed by atoms with Gasteiger partial charge in [0.15, 0.2) is 0 Å². The Morgan fingerprint density at radius 2 is 1.89 bits per heavy atom. The second-order valence-corrected chi connectivity index (χ2v) is 5.60. The molecule has 1 aliphatic heterocycles. The molecule has 0 bridgehead atoms. The second-order valence-electron chi connectivity index (χ2n) is 5.60. The molecule has 0 spiro atoms. The summed E-state index contributed by atoms with van der Waals surface area (Å²) in [5, 5.41) is 13.0. The van der Waals surface area contributed by atoms with Crippen LogP contribution in [0.1, 0.15) is 16.7 Å². The number of nitrogens with one attached hydrogen (secondary N) is 1. The van der Waals surface area contributed by atoms with E-state index in [0.29, 0.717) is 5.75 Å². The summed E-state index contributed by atoms with van der Waals surface area (Å²) in [7, 11) is 0. The monoisotopic (exact) mass is 253 g/mol. The van der Waals surface area contributed by atoms with Crippen LogP contribution in [0.3, 0.4) is 0 Å². The smallest absolute Gasteiger partial charge is 0.115 e. The van der Waals surface area contributed by atoms with Crippen molar-refractivity contribution < 1.29 is 5.11 Å². The van der Waals surface area contributed by atoms with Gasteiger partial charge in [0.05, 0.1) is 0 Å². The lowest BCUT2D eigenvalue weighted by molar-refractivity contribution is 0.274. The van der Waals surface area contributed by atoms with Crippen molar-refractivity contribution in [3.8, 4) is 5.75 Å². The van der Waals surface area contributed by atoms with Crippen LogP contribution in [0.4, 0.5) is 0 Å². The Hall–Kier alpha value is -1.80. The summed E-state index contributed by atoms with van der Waals surface area (Å²) in [6.07, 6.45) is 0.970. The van der Waals surface area contributed by atoms with Gasteiger partial charge in [0.25, 0.3) is 0 Å². The van der Waals surface area contributed by atoms with Gasteiger partial charge in [-0.3, -0.25) is 0 Å². The average Bonchev–Trinajstić information content (AvgIpc) is 2.34. The zero-order chi connectivity index (χ0) is 13.3. The molecule has 0 radical (unpaired) electrons. The first-order chi connectivity index (χ1) is 9.18. The van der Waals surface area contributed by atoms with E-state index in [9.17, 15) is 5.11 Å². The van der Waals surface area contributed by atoms with Crippen molar-refractivity contribution in [2.24, 2.45) is 0 Å². The zero-order valence-electron chi connectivity index (χ0n) is 11.2. The highest BCUT2D eigenvalue weighted by Crippen LogP contribution is 2.33. The molecule has 2 aromatic carbocycles.